The van der Waals surface area contributed by atoms with Gasteiger partial charge in [0.05, 0.1) is 87.9 Å². The molecule has 1 aliphatic heterocycles. The number of nitrogens with zero attached hydrogens (tertiary/aromatic N) is 12. The van der Waals surface area contributed by atoms with Gasteiger partial charge in [-0.1, -0.05) is 22.7 Å². The summed E-state index contributed by atoms with van der Waals surface area (Å²) < 4.78 is 13.4. The quantitative estimate of drug-likeness (QED) is 0.0934. The molecule has 342 valence electrons. The minimum Gasteiger partial charge on any atom is -0.481 e. The number of fused-ring (bicyclic) bond motifs is 2. The Bertz CT molecular complexity index is 3090. The second-order valence-electron chi connectivity index (χ2n) is 15.5. The van der Waals surface area contributed by atoms with Gasteiger partial charge in [-0.15, -0.1) is 20.4 Å². The Morgan fingerprint density at radius 3 is 1.61 bits per heavy atom. The minimum absolute atomic E-state index is 0.0937. The number of rotatable bonds is 13. The number of pyridine rings is 2. The fraction of sp³-hybridized carbons (Fsp3) is 0.304. The molecule has 0 saturated carbocycles. The average Bonchev–Trinajstić information content (AvgIpc) is 4.17. The van der Waals surface area contributed by atoms with Crippen LogP contribution in [0.2, 0.25) is 0 Å². The van der Waals surface area contributed by atoms with E-state index >= 15 is 0 Å². The molecular formula is C46H46N14O5S2. The lowest BCUT2D eigenvalue weighted by atomic mass is 10.1. The van der Waals surface area contributed by atoms with E-state index in [1.807, 2.05) is 64.1 Å². The first kappa shape index (κ1) is 47.2. The average molecular weight is 939 g/mol. The van der Waals surface area contributed by atoms with Crippen molar-refractivity contribution in [1.29, 1.82) is 10.5 Å². The molecule has 1 fully saturated rings. The van der Waals surface area contributed by atoms with E-state index in [4.69, 9.17) is 25.1 Å². The van der Waals surface area contributed by atoms with Crippen LogP contribution >= 0.6 is 22.7 Å². The molecule has 0 unspecified atom stereocenters. The SMILES string of the molecule is C1CCOC1.CC(C)Nc1cc(-c2ccc3cc(C#N)cnn23)ncc1-c1nnc(CC(=O)O)s1.CCOC(=O)Cc1nnc(-c2cnc(-c3ccc4cc(C#N)cnn34)cc2NC(C)C)s1. The second-order valence-corrected chi connectivity index (χ2v) is 17.6. The number of anilines is 2. The molecule has 19 nitrogen and oxygen atoms in total. The molecule has 0 radical (unpaired) electrons. The van der Waals surface area contributed by atoms with Crippen LogP contribution in [0.1, 0.15) is 68.6 Å². The van der Waals surface area contributed by atoms with E-state index in [1.165, 1.54) is 47.9 Å². The summed E-state index contributed by atoms with van der Waals surface area (Å²) in [6.07, 6.45) is 8.98. The van der Waals surface area contributed by atoms with Gasteiger partial charge in [0, 0.05) is 49.1 Å². The molecule has 3 N–H and O–H groups in total. The third kappa shape index (κ3) is 12.0. The normalized spacial score (nSPS) is 12.0. The molecule has 0 aromatic carbocycles. The number of ether oxygens (including phenoxy) is 2. The van der Waals surface area contributed by atoms with Crippen molar-refractivity contribution in [3.05, 3.63) is 94.5 Å². The van der Waals surface area contributed by atoms with Gasteiger partial charge in [-0.05, 0) is 96.0 Å². The zero-order valence-electron chi connectivity index (χ0n) is 37.3. The fourth-order valence-corrected chi connectivity index (χ4v) is 8.45. The summed E-state index contributed by atoms with van der Waals surface area (Å²) in [5, 5.41) is 61.5. The highest BCUT2D eigenvalue weighted by Crippen LogP contribution is 2.35. The van der Waals surface area contributed by atoms with Crippen LogP contribution in [0.15, 0.2) is 73.3 Å². The monoisotopic (exact) mass is 938 g/mol. The van der Waals surface area contributed by atoms with Gasteiger partial charge in [0.1, 0.15) is 22.2 Å². The maximum Gasteiger partial charge on any atom is 0.312 e. The first-order valence-electron chi connectivity index (χ1n) is 21.3. The van der Waals surface area contributed by atoms with Gasteiger partial charge >= 0.3 is 11.9 Å². The fourth-order valence-electron chi connectivity index (χ4n) is 6.74. The van der Waals surface area contributed by atoms with Crippen molar-refractivity contribution in [3.63, 3.8) is 0 Å². The summed E-state index contributed by atoms with van der Waals surface area (Å²) in [4.78, 5) is 31.9. The number of hydrogen-bond acceptors (Lipinski definition) is 18. The van der Waals surface area contributed by atoms with Gasteiger partial charge in [0.15, 0.2) is 10.0 Å². The van der Waals surface area contributed by atoms with Crippen molar-refractivity contribution in [3.8, 4) is 56.1 Å². The van der Waals surface area contributed by atoms with Crippen molar-refractivity contribution >= 4 is 57.0 Å². The summed E-state index contributed by atoms with van der Waals surface area (Å²) in [7, 11) is 0. The van der Waals surface area contributed by atoms with E-state index in [-0.39, 0.29) is 30.9 Å². The topological polar surface area (TPSA) is 256 Å². The molecule has 0 bridgehead atoms. The molecule has 0 amide bonds. The smallest absolute Gasteiger partial charge is 0.312 e. The Morgan fingerprint density at radius 1 is 0.731 bits per heavy atom. The Hall–Kier alpha value is -7.72. The number of carboxylic acids is 1. The summed E-state index contributed by atoms with van der Waals surface area (Å²) in [5.41, 5.74) is 8.86. The number of carbonyl (C=O) groups is 2. The van der Waals surface area contributed by atoms with Crippen molar-refractivity contribution in [2.24, 2.45) is 0 Å². The maximum atomic E-state index is 11.8. The first-order valence-corrected chi connectivity index (χ1v) is 23.0. The highest BCUT2D eigenvalue weighted by atomic mass is 32.1. The molecule has 21 heteroatoms. The standard InChI is InChI=1S/C22H21N7O2S.C20H17N7O2S.C4H8O/c1-4-31-21(30)9-20-27-28-22(32-20)16-12-24-18(8-17(16)26-13(2)3)19-6-5-15-7-14(10-23)11-25-29(15)19;1-11(2)24-15-6-16(17-4-3-13-5-12(8-21)9-23-27(13)17)22-10-14(15)20-26-25-18(30-20)7-19(28)29;1-2-4-5-3-1/h5-8,11-13H,4,9H2,1-3H3,(H,24,26);3-6,9-11H,7H2,1-2H3,(H,22,24)(H,28,29);1-4H2. The maximum absolute atomic E-state index is 11.8. The van der Waals surface area contributed by atoms with E-state index in [0.717, 1.165) is 63.8 Å². The predicted molar refractivity (Wildman–Crippen MR) is 253 cm³/mol. The second kappa shape index (κ2) is 22.0. The van der Waals surface area contributed by atoms with Crippen LogP contribution in [0.4, 0.5) is 11.4 Å². The Kier molecular flexibility index (Phi) is 15.5. The van der Waals surface area contributed by atoms with Crippen LogP contribution < -0.4 is 10.6 Å². The van der Waals surface area contributed by atoms with E-state index in [0.29, 0.717) is 43.5 Å². The van der Waals surface area contributed by atoms with E-state index in [9.17, 15) is 9.59 Å². The summed E-state index contributed by atoms with van der Waals surface area (Å²) >= 11 is 2.57. The largest absolute Gasteiger partial charge is 0.481 e. The zero-order valence-corrected chi connectivity index (χ0v) is 38.9. The molecule has 0 atom stereocenters. The van der Waals surface area contributed by atoms with Crippen molar-refractivity contribution in [2.75, 3.05) is 30.5 Å². The molecule has 0 aliphatic carbocycles. The molecule has 1 saturated heterocycles. The predicted octanol–water partition coefficient (Wildman–Crippen LogP) is 7.74. The molecule has 0 spiro atoms. The van der Waals surface area contributed by atoms with Crippen molar-refractivity contribution in [2.45, 2.75) is 72.4 Å². The van der Waals surface area contributed by atoms with Gasteiger partial charge in [-0.25, -0.2) is 9.03 Å². The van der Waals surface area contributed by atoms with Gasteiger partial charge in [0.25, 0.3) is 0 Å². The number of carbonyl (C=O) groups excluding carboxylic acids is 1. The van der Waals surface area contributed by atoms with Crippen LogP contribution in [0.3, 0.4) is 0 Å². The van der Waals surface area contributed by atoms with Gasteiger partial charge in [-0.2, -0.15) is 20.7 Å². The molecule has 8 aromatic heterocycles. The zero-order chi connectivity index (χ0) is 47.5. The molecule has 67 heavy (non-hydrogen) atoms. The highest BCUT2D eigenvalue weighted by molar-refractivity contribution is 7.15. The van der Waals surface area contributed by atoms with Crippen LogP contribution in [0, 0.1) is 22.7 Å². The van der Waals surface area contributed by atoms with Gasteiger partial charge < -0.3 is 25.2 Å². The number of aliphatic carboxylic acids is 1. The lowest BCUT2D eigenvalue weighted by Gasteiger charge is -2.14. The minimum atomic E-state index is -0.945. The number of nitriles is 2. The lowest BCUT2D eigenvalue weighted by Crippen LogP contribution is -2.11. The van der Waals surface area contributed by atoms with E-state index < -0.39 is 5.97 Å². The Morgan fingerprint density at radius 2 is 1.21 bits per heavy atom. The van der Waals surface area contributed by atoms with Crippen LogP contribution in [0.5, 0.6) is 0 Å². The molecule has 1 aliphatic rings. The van der Waals surface area contributed by atoms with E-state index in [1.54, 1.807) is 40.5 Å². The lowest BCUT2D eigenvalue weighted by molar-refractivity contribution is -0.142. The molecule has 9 heterocycles. The van der Waals surface area contributed by atoms with Crippen molar-refractivity contribution < 1.29 is 24.2 Å². The number of aromatic nitrogens is 10. The Balaban J connectivity index is 0.000000180. The van der Waals surface area contributed by atoms with Gasteiger partial charge in [0.2, 0.25) is 0 Å². The first-order chi connectivity index (χ1) is 32.4. The van der Waals surface area contributed by atoms with Crippen LogP contribution in [-0.2, 0) is 31.9 Å². The summed E-state index contributed by atoms with van der Waals surface area (Å²) in [6.45, 7) is 12.3. The number of carboxylic acid groups (broad SMARTS) is 1. The third-order valence-corrected chi connectivity index (χ3v) is 11.5. The summed E-state index contributed by atoms with van der Waals surface area (Å²) in [6, 6.07) is 19.6. The number of hydrogen-bond donors (Lipinski definition) is 3. The molecule has 9 rings (SSSR count). The van der Waals surface area contributed by atoms with Crippen LogP contribution in [-0.4, -0.2) is 98.5 Å². The van der Waals surface area contributed by atoms with Gasteiger partial charge in [-0.3, -0.25) is 19.6 Å². The highest BCUT2D eigenvalue weighted by Gasteiger charge is 2.19. The van der Waals surface area contributed by atoms with E-state index in [2.05, 4.69) is 63.3 Å². The third-order valence-electron chi connectivity index (χ3n) is 9.61. The number of nitrogens with one attached hydrogen (secondary N) is 2. The Labute approximate surface area is 393 Å². The number of esters is 1. The summed E-state index contributed by atoms with van der Waals surface area (Å²) in [5.74, 6) is -1.27. The van der Waals surface area contributed by atoms with Crippen molar-refractivity contribution in [1.82, 2.24) is 49.6 Å². The molecule has 8 aromatic rings. The molecular weight excluding hydrogens is 893 g/mol. The van der Waals surface area contributed by atoms with Crippen LogP contribution in [0.25, 0.3) is 55.0 Å².